The van der Waals surface area contributed by atoms with Crippen LogP contribution < -0.4 is 5.32 Å². The van der Waals surface area contributed by atoms with Gasteiger partial charge >= 0.3 is 5.97 Å². The number of aliphatic hydroxyl groups excluding tert-OH is 1. The normalized spacial score (nSPS) is 24.6. The summed E-state index contributed by atoms with van der Waals surface area (Å²) in [4.78, 5) is 53.4. The van der Waals surface area contributed by atoms with Crippen molar-refractivity contribution in [1.29, 1.82) is 0 Å². The number of esters is 1. The molecule has 6 atom stereocenters. The summed E-state index contributed by atoms with van der Waals surface area (Å²) in [6, 6.07) is 13.1. The fraction of sp³-hybridized carbons (Fsp3) is 0.421. The van der Waals surface area contributed by atoms with E-state index in [9.17, 15) is 39.6 Å². The van der Waals surface area contributed by atoms with Crippen molar-refractivity contribution in [1.82, 2.24) is 5.32 Å². The minimum absolute atomic E-state index is 0.00757. The fourth-order valence-electron chi connectivity index (χ4n) is 6.93. The van der Waals surface area contributed by atoms with Gasteiger partial charge in [-0.3, -0.25) is 19.2 Å². The molecule has 0 radical (unpaired) electrons. The van der Waals surface area contributed by atoms with Crippen LogP contribution in [0.1, 0.15) is 95.2 Å². The summed E-state index contributed by atoms with van der Waals surface area (Å²) in [5.41, 5.74) is -1.16. The van der Waals surface area contributed by atoms with Gasteiger partial charge in [-0.05, 0) is 52.2 Å². The number of phenols is 3. The maximum atomic E-state index is 13.8. The highest BCUT2D eigenvalue weighted by molar-refractivity contribution is 6.31. The Hall–Kier alpha value is -4.62. The molecule has 1 saturated heterocycles. The summed E-state index contributed by atoms with van der Waals surface area (Å²) >= 11 is 0. The summed E-state index contributed by atoms with van der Waals surface area (Å²) in [5, 5.41) is 48.2. The average molecular weight is 688 g/mol. The Morgan fingerprint density at radius 1 is 0.920 bits per heavy atom. The molecule has 12 heteroatoms. The van der Waals surface area contributed by atoms with Crippen molar-refractivity contribution in [3.05, 3.63) is 87.5 Å². The van der Waals surface area contributed by atoms with Crippen LogP contribution >= 0.6 is 0 Å². The van der Waals surface area contributed by atoms with Gasteiger partial charge in [-0.25, -0.2) is 0 Å². The molecule has 2 unspecified atom stereocenters. The standard InChI is InChI=1S/C38H41NO11/c1-18-32(42)23(39-16-19-9-6-5-7-10-19)15-27(49-18)50-26-14-20(25(41)17-48-37(47)38(2,3)4)13-22-29(26)36(46)31-30(34(22)44)33(43)21-11-8-12-24(40)28(21)35(31)45/h5-12,18,20,23,26-27,32,39-40,42,44,46H,13-17H2,1-4H3/t18-,20?,23+,26-,27?,32+/m0/s1. The molecule has 3 aromatic rings. The molecule has 0 aromatic heterocycles. The van der Waals surface area contributed by atoms with E-state index in [-0.39, 0.29) is 41.5 Å². The van der Waals surface area contributed by atoms with Crippen LogP contribution in [0.2, 0.25) is 0 Å². The molecule has 50 heavy (non-hydrogen) atoms. The Balaban J connectivity index is 1.36. The van der Waals surface area contributed by atoms with Gasteiger partial charge in [-0.2, -0.15) is 0 Å². The Bertz CT molecular complexity index is 1850. The van der Waals surface area contributed by atoms with Crippen LogP contribution in [0, 0.1) is 11.3 Å². The van der Waals surface area contributed by atoms with Gasteiger partial charge in [-0.1, -0.05) is 42.5 Å². The van der Waals surface area contributed by atoms with E-state index >= 15 is 0 Å². The largest absolute Gasteiger partial charge is 0.507 e. The Morgan fingerprint density at radius 3 is 2.32 bits per heavy atom. The molecule has 264 valence electrons. The highest BCUT2D eigenvalue weighted by atomic mass is 16.7. The number of carbonyl (C=O) groups excluding carboxylic acids is 4. The highest BCUT2D eigenvalue weighted by Crippen LogP contribution is 2.51. The van der Waals surface area contributed by atoms with Crippen LogP contribution in [-0.2, 0) is 36.8 Å². The first kappa shape index (κ1) is 35.2. The molecule has 5 N–H and O–H groups in total. The lowest BCUT2D eigenvalue weighted by atomic mass is 9.73. The molecule has 0 saturated carbocycles. The molecule has 1 aliphatic heterocycles. The summed E-state index contributed by atoms with van der Waals surface area (Å²) in [6.45, 7) is 6.58. The van der Waals surface area contributed by atoms with Crippen molar-refractivity contribution in [2.75, 3.05) is 6.61 Å². The zero-order valence-corrected chi connectivity index (χ0v) is 28.3. The van der Waals surface area contributed by atoms with E-state index < -0.39 is 100 Å². The van der Waals surface area contributed by atoms with Gasteiger partial charge < -0.3 is 40.0 Å². The molecule has 0 amide bonds. The lowest BCUT2D eigenvalue weighted by molar-refractivity contribution is -0.246. The lowest BCUT2D eigenvalue weighted by Crippen LogP contribution is -2.54. The smallest absolute Gasteiger partial charge is 0.311 e. The number of Topliss-reactive ketones (excluding diaryl/α,β-unsaturated/α-hetero) is 1. The third kappa shape index (κ3) is 6.51. The van der Waals surface area contributed by atoms with E-state index in [1.54, 1.807) is 27.7 Å². The van der Waals surface area contributed by atoms with Gasteiger partial charge in [0.25, 0.3) is 0 Å². The topological polar surface area (TPSA) is 189 Å². The van der Waals surface area contributed by atoms with Gasteiger partial charge in [-0.15, -0.1) is 0 Å². The molecule has 1 fully saturated rings. The number of fused-ring (bicyclic) bond motifs is 3. The lowest BCUT2D eigenvalue weighted by Gasteiger charge is -2.41. The molecule has 12 nitrogen and oxygen atoms in total. The monoisotopic (exact) mass is 687 g/mol. The average Bonchev–Trinajstić information content (AvgIpc) is 3.08. The van der Waals surface area contributed by atoms with Crippen LogP contribution in [0.5, 0.6) is 17.2 Å². The number of hydrogen-bond donors (Lipinski definition) is 5. The fourth-order valence-corrected chi connectivity index (χ4v) is 6.93. The first-order valence-electron chi connectivity index (χ1n) is 16.7. The van der Waals surface area contributed by atoms with Gasteiger partial charge in [0.15, 0.2) is 17.9 Å². The van der Waals surface area contributed by atoms with Crippen LogP contribution in [0.15, 0.2) is 48.5 Å². The summed E-state index contributed by atoms with van der Waals surface area (Å²) in [5.74, 6) is -5.22. The number of rotatable bonds is 8. The zero-order valence-electron chi connectivity index (χ0n) is 28.3. The molecule has 3 aliphatic rings. The number of carbonyl (C=O) groups is 4. The quantitative estimate of drug-likeness (QED) is 0.132. The minimum Gasteiger partial charge on any atom is -0.507 e. The maximum Gasteiger partial charge on any atom is 0.311 e. The number of nitrogens with one attached hydrogen (secondary N) is 1. The molecule has 2 aliphatic carbocycles. The van der Waals surface area contributed by atoms with Gasteiger partial charge in [0, 0.05) is 41.6 Å². The van der Waals surface area contributed by atoms with E-state index in [0.29, 0.717) is 6.54 Å². The Morgan fingerprint density at radius 2 is 1.62 bits per heavy atom. The van der Waals surface area contributed by atoms with Crippen molar-refractivity contribution >= 4 is 23.3 Å². The number of ketones is 3. The van der Waals surface area contributed by atoms with Crippen molar-refractivity contribution in [3.63, 3.8) is 0 Å². The van der Waals surface area contributed by atoms with Crippen molar-refractivity contribution in [2.45, 2.75) is 84.1 Å². The second-order valence-corrected chi connectivity index (χ2v) is 14.2. The summed E-state index contributed by atoms with van der Waals surface area (Å²) < 4.78 is 17.8. The second-order valence-electron chi connectivity index (χ2n) is 14.2. The van der Waals surface area contributed by atoms with Crippen LogP contribution in [0.4, 0.5) is 0 Å². The van der Waals surface area contributed by atoms with Crippen molar-refractivity contribution < 1.29 is 53.8 Å². The number of hydrogen-bond acceptors (Lipinski definition) is 12. The molecular formula is C38H41NO11. The first-order valence-corrected chi connectivity index (χ1v) is 16.7. The van der Waals surface area contributed by atoms with Crippen LogP contribution in [0.25, 0.3) is 0 Å². The molecule has 1 heterocycles. The minimum atomic E-state index is -1.14. The predicted octanol–water partition coefficient (Wildman–Crippen LogP) is 4.01. The number of phenolic OH excluding ortho intramolecular Hbond substituents is 3. The molecular weight excluding hydrogens is 646 g/mol. The Labute approximate surface area is 289 Å². The van der Waals surface area contributed by atoms with Crippen molar-refractivity contribution in [3.8, 4) is 17.2 Å². The molecule has 0 spiro atoms. The van der Waals surface area contributed by atoms with Gasteiger partial charge in [0.2, 0.25) is 5.78 Å². The number of aliphatic hydroxyl groups is 1. The molecule has 3 aromatic carbocycles. The van der Waals surface area contributed by atoms with Crippen LogP contribution in [-0.4, -0.2) is 74.9 Å². The first-order chi connectivity index (χ1) is 23.7. The van der Waals surface area contributed by atoms with E-state index in [2.05, 4.69) is 5.32 Å². The predicted molar refractivity (Wildman–Crippen MR) is 178 cm³/mol. The van der Waals surface area contributed by atoms with E-state index in [0.717, 1.165) is 5.56 Å². The zero-order chi connectivity index (χ0) is 36.1. The number of benzene rings is 3. The Kier molecular flexibility index (Phi) is 9.57. The van der Waals surface area contributed by atoms with Crippen LogP contribution in [0.3, 0.4) is 0 Å². The van der Waals surface area contributed by atoms with Gasteiger partial charge in [0.1, 0.15) is 23.9 Å². The van der Waals surface area contributed by atoms with Gasteiger partial charge in [0.05, 0.1) is 40.4 Å². The third-order valence-electron chi connectivity index (χ3n) is 9.68. The maximum absolute atomic E-state index is 13.8. The van der Waals surface area contributed by atoms with E-state index in [4.69, 9.17) is 14.2 Å². The second kappa shape index (κ2) is 13.6. The molecule has 0 bridgehead atoms. The number of ether oxygens (including phenoxy) is 3. The summed E-state index contributed by atoms with van der Waals surface area (Å²) in [6.07, 6.45) is -3.70. The summed E-state index contributed by atoms with van der Waals surface area (Å²) in [7, 11) is 0. The van der Waals surface area contributed by atoms with E-state index in [1.165, 1.54) is 18.2 Å². The highest BCUT2D eigenvalue weighted by Gasteiger charge is 2.45. The molecule has 6 rings (SSSR count). The third-order valence-corrected chi connectivity index (χ3v) is 9.68. The number of aromatic hydroxyl groups is 3. The SMILES string of the molecule is C[C@@H]1OC(O[C@H]2CC(C(=O)COC(=O)C(C)(C)C)Cc3c(O)c4c(c(O)c32)C(=O)c2c(O)cccc2C4=O)C[C@@H](NCc2ccccc2)[C@@H]1O. The van der Waals surface area contributed by atoms with E-state index in [1.807, 2.05) is 30.3 Å². The van der Waals surface area contributed by atoms with Crippen molar-refractivity contribution in [2.24, 2.45) is 11.3 Å².